The number of halogens is 1. The second-order valence-electron chi connectivity index (χ2n) is 4.09. The van der Waals surface area contributed by atoms with Gasteiger partial charge < -0.3 is 5.11 Å². The summed E-state index contributed by atoms with van der Waals surface area (Å²) in [4.78, 5) is 10.9. The second-order valence-corrected chi connectivity index (χ2v) is 6.89. The lowest BCUT2D eigenvalue weighted by atomic mass is 10.1. The number of hydrogen-bond acceptors (Lipinski definition) is 4. The summed E-state index contributed by atoms with van der Waals surface area (Å²) in [6.07, 6.45) is 0. The van der Waals surface area contributed by atoms with Crippen LogP contribution in [0.2, 0.25) is 0 Å². The van der Waals surface area contributed by atoms with Crippen molar-refractivity contribution in [2.75, 3.05) is 13.1 Å². The third-order valence-electron chi connectivity index (χ3n) is 2.84. The molecular formula is C11H9BrN2O4S. The molecule has 8 heteroatoms. The van der Waals surface area contributed by atoms with Crippen molar-refractivity contribution in [2.24, 2.45) is 5.92 Å². The minimum Gasteiger partial charge on any atom is -0.478 e. The molecule has 0 bridgehead atoms. The molecule has 2 rings (SSSR count). The fraction of sp³-hybridized carbons (Fsp3) is 0.273. The Balaban J connectivity index is 2.30. The number of carboxylic acids is 1. The molecule has 0 spiro atoms. The fourth-order valence-electron chi connectivity index (χ4n) is 1.69. The van der Waals surface area contributed by atoms with E-state index >= 15 is 0 Å². The predicted molar refractivity (Wildman–Crippen MR) is 69.0 cm³/mol. The van der Waals surface area contributed by atoms with Gasteiger partial charge in [-0.1, -0.05) is 0 Å². The number of rotatable bonds is 3. The summed E-state index contributed by atoms with van der Waals surface area (Å²) in [5.41, 5.74) is -0.00235. The van der Waals surface area contributed by atoms with E-state index in [1.54, 1.807) is 0 Å². The van der Waals surface area contributed by atoms with Crippen LogP contribution in [0.25, 0.3) is 0 Å². The highest BCUT2D eigenvalue weighted by molar-refractivity contribution is 9.10. The standard InChI is InChI=1S/C11H9BrN2O4S/c12-10-3-8(1-2-9(10)11(15)16)19(17,18)14-5-7(4-13)6-14/h1-3,7H,5-6H2,(H,15,16). The number of sulfonamides is 1. The number of nitriles is 1. The Morgan fingerprint density at radius 3 is 2.58 bits per heavy atom. The topological polar surface area (TPSA) is 98.5 Å². The lowest BCUT2D eigenvalue weighted by Gasteiger charge is -2.33. The molecule has 100 valence electrons. The molecule has 0 amide bonds. The Morgan fingerprint density at radius 2 is 2.11 bits per heavy atom. The van der Waals surface area contributed by atoms with E-state index in [0.29, 0.717) is 0 Å². The van der Waals surface area contributed by atoms with Gasteiger partial charge in [0.05, 0.1) is 22.4 Å². The van der Waals surface area contributed by atoms with Crippen LogP contribution in [0.5, 0.6) is 0 Å². The minimum atomic E-state index is -3.65. The molecule has 1 aromatic rings. The van der Waals surface area contributed by atoms with Gasteiger partial charge in [0.1, 0.15) is 0 Å². The largest absolute Gasteiger partial charge is 0.478 e. The Hall–Kier alpha value is -1.43. The van der Waals surface area contributed by atoms with Crippen LogP contribution in [0.1, 0.15) is 10.4 Å². The molecule has 1 aromatic carbocycles. The maximum Gasteiger partial charge on any atom is 0.336 e. The average Bonchev–Trinajstić information content (AvgIpc) is 2.26. The zero-order valence-corrected chi connectivity index (χ0v) is 12.0. The first-order chi connectivity index (χ1) is 8.86. The number of aromatic carboxylic acids is 1. The van der Waals surface area contributed by atoms with Gasteiger partial charge in [-0.25, -0.2) is 13.2 Å². The van der Waals surface area contributed by atoms with Crippen molar-refractivity contribution in [1.82, 2.24) is 4.31 Å². The van der Waals surface area contributed by atoms with Gasteiger partial charge in [-0.15, -0.1) is 0 Å². The SMILES string of the molecule is N#CC1CN(S(=O)(=O)c2ccc(C(=O)O)c(Br)c2)C1. The van der Waals surface area contributed by atoms with Crippen molar-refractivity contribution in [1.29, 1.82) is 5.26 Å². The molecule has 0 radical (unpaired) electrons. The van der Waals surface area contributed by atoms with Crippen LogP contribution < -0.4 is 0 Å². The maximum atomic E-state index is 12.2. The minimum absolute atomic E-state index is 0.00235. The highest BCUT2D eigenvalue weighted by atomic mass is 79.9. The predicted octanol–water partition coefficient (Wildman–Crippen LogP) is 1.29. The molecule has 1 heterocycles. The highest BCUT2D eigenvalue weighted by Crippen LogP contribution is 2.27. The van der Waals surface area contributed by atoms with Crippen molar-refractivity contribution >= 4 is 31.9 Å². The summed E-state index contributed by atoms with van der Waals surface area (Å²) in [5, 5.41) is 17.5. The van der Waals surface area contributed by atoms with E-state index in [1.165, 1.54) is 22.5 Å². The molecule has 1 fully saturated rings. The summed E-state index contributed by atoms with van der Waals surface area (Å²) in [7, 11) is -3.65. The first-order valence-electron chi connectivity index (χ1n) is 5.29. The molecule has 0 aliphatic carbocycles. The van der Waals surface area contributed by atoms with E-state index in [-0.39, 0.29) is 33.9 Å². The van der Waals surface area contributed by atoms with Gasteiger partial charge in [0, 0.05) is 17.6 Å². The smallest absolute Gasteiger partial charge is 0.336 e. The van der Waals surface area contributed by atoms with Crippen molar-refractivity contribution in [3.05, 3.63) is 28.2 Å². The van der Waals surface area contributed by atoms with Crippen molar-refractivity contribution < 1.29 is 18.3 Å². The van der Waals surface area contributed by atoms with Gasteiger partial charge in [0.2, 0.25) is 10.0 Å². The van der Waals surface area contributed by atoms with E-state index in [2.05, 4.69) is 15.9 Å². The number of carboxylic acid groups (broad SMARTS) is 1. The maximum absolute atomic E-state index is 12.2. The third kappa shape index (κ3) is 2.49. The van der Waals surface area contributed by atoms with Crippen LogP contribution >= 0.6 is 15.9 Å². The average molecular weight is 345 g/mol. The molecule has 0 atom stereocenters. The van der Waals surface area contributed by atoms with Gasteiger partial charge >= 0.3 is 5.97 Å². The van der Waals surface area contributed by atoms with Gasteiger partial charge in [-0.05, 0) is 34.1 Å². The summed E-state index contributed by atoms with van der Waals surface area (Å²) in [5.74, 6) is -1.40. The van der Waals surface area contributed by atoms with E-state index in [4.69, 9.17) is 10.4 Å². The van der Waals surface area contributed by atoms with Gasteiger partial charge in [-0.3, -0.25) is 0 Å². The van der Waals surface area contributed by atoms with Gasteiger partial charge in [-0.2, -0.15) is 9.57 Å². The monoisotopic (exact) mass is 344 g/mol. The zero-order valence-electron chi connectivity index (χ0n) is 9.58. The number of hydrogen-bond donors (Lipinski definition) is 1. The van der Waals surface area contributed by atoms with E-state index in [9.17, 15) is 13.2 Å². The van der Waals surface area contributed by atoms with Gasteiger partial charge in [0.25, 0.3) is 0 Å². The normalized spacial score (nSPS) is 16.6. The quantitative estimate of drug-likeness (QED) is 0.890. The van der Waals surface area contributed by atoms with Crippen LogP contribution in [0, 0.1) is 17.2 Å². The first kappa shape index (κ1) is 14.0. The van der Waals surface area contributed by atoms with E-state index in [0.717, 1.165) is 0 Å². The molecule has 6 nitrogen and oxygen atoms in total. The number of carbonyl (C=O) groups is 1. The summed E-state index contributed by atoms with van der Waals surface area (Å²) < 4.78 is 25.7. The number of benzene rings is 1. The number of nitrogens with zero attached hydrogens (tertiary/aromatic N) is 2. The van der Waals surface area contributed by atoms with Crippen LogP contribution in [0.4, 0.5) is 0 Å². The van der Waals surface area contributed by atoms with E-state index in [1.807, 2.05) is 6.07 Å². The molecule has 1 aliphatic rings. The Labute approximate surface area is 118 Å². The van der Waals surface area contributed by atoms with E-state index < -0.39 is 16.0 Å². The van der Waals surface area contributed by atoms with Crippen molar-refractivity contribution in [3.63, 3.8) is 0 Å². The Kier molecular flexibility index (Phi) is 3.62. The molecule has 19 heavy (non-hydrogen) atoms. The summed E-state index contributed by atoms with van der Waals surface area (Å²) in [6.45, 7) is 0.355. The molecule has 0 unspecified atom stereocenters. The molecule has 0 saturated carbocycles. The molecule has 1 saturated heterocycles. The van der Waals surface area contributed by atoms with Crippen molar-refractivity contribution in [3.8, 4) is 6.07 Å². The lowest BCUT2D eigenvalue weighted by Crippen LogP contribution is -2.49. The molecular weight excluding hydrogens is 336 g/mol. The van der Waals surface area contributed by atoms with Crippen LogP contribution in [0.15, 0.2) is 27.6 Å². The fourth-order valence-corrected chi connectivity index (χ4v) is 3.95. The summed E-state index contributed by atoms with van der Waals surface area (Å²) >= 11 is 3.04. The molecule has 1 N–H and O–H groups in total. The third-order valence-corrected chi connectivity index (χ3v) is 5.32. The first-order valence-corrected chi connectivity index (χ1v) is 7.52. The van der Waals surface area contributed by atoms with Crippen molar-refractivity contribution in [2.45, 2.75) is 4.90 Å². The van der Waals surface area contributed by atoms with Gasteiger partial charge in [0.15, 0.2) is 0 Å². The Morgan fingerprint density at radius 1 is 1.47 bits per heavy atom. The molecule has 1 aliphatic heterocycles. The van der Waals surface area contributed by atoms with Crippen LogP contribution in [0.3, 0.4) is 0 Å². The second kappa shape index (κ2) is 4.92. The van der Waals surface area contributed by atoms with Crippen LogP contribution in [-0.2, 0) is 10.0 Å². The molecule has 0 aromatic heterocycles. The summed E-state index contributed by atoms with van der Waals surface area (Å²) in [6, 6.07) is 5.75. The lowest BCUT2D eigenvalue weighted by molar-refractivity contribution is 0.0695. The zero-order chi connectivity index (χ0) is 14.2. The highest BCUT2D eigenvalue weighted by Gasteiger charge is 2.36. The Bertz CT molecular complexity index is 674. The van der Waals surface area contributed by atoms with Crippen LogP contribution in [-0.4, -0.2) is 36.9 Å².